The summed E-state index contributed by atoms with van der Waals surface area (Å²) < 4.78 is 10.0. The predicted octanol–water partition coefficient (Wildman–Crippen LogP) is 2.17. The van der Waals surface area contributed by atoms with Gasteiger partial charge in [0, 0.05) is 30.7 Å². The molecule has 0 amide bonds. The lowest BCUT2D eigenvalue weighted by atomic mass is 10.0. The molecule has 2 aromatic heterocycles. The van der Waals surface area contributed by atoms with Crippen LogP contribution in [0.15, 0.2) is 16.7 Å². The minimum absolute atomic E-state index is 0.0512. The Morgan fingerprint density at radius 3 is 2.90 bits per heavy atom. The molecule has 21 heavy (non-hydrogen) atoms. The smallest absolute Gasteiger partial charge is 0.308 e. The maximum absolute atomic E-state index is 11.7. The molecule has 0 saturated carbocycles. The molecule has 0 N–H and O–H groups in total. The maximum atomic E-state index is 11.7. The highest BCUT2D eigenvalue weighted by molar-refractivity contribution is 9.10. The van der Waals surface area contributed by atoms with Gasteiger partial charge in [-0.15, -0.1) is 10.2 Å². The number of hydrogen-bond acceptors (Lipinski definition) is 4. The first kappa shape index (κ1) is 14.3. The van der Waals surface area contributed by atoms with E-state index in [4.69, 9.17) is 4.74 Å². The van der Waals surface area contributed by atoms with E-state index < -0.39 is 0 Å². The lowest BCUT2D eigenvalue weighted by Crippen LogP contribution is -2.17. The van der Waals surface area contributed by atoms with Crippen molar-refractivity contribution in [3.63, 3.8) is 0 Å². The van der Waals surface area contributed by atoms with Gasteiger partial charge in [0.1, 0.15) is 5.82 Å². The van der Waals surface area contributed by atoms with E-state index in [0.717, 1.165) is 47.6 Å². The molecule has 2 aromatic rings. The number of fused-ring (bicyclic) bond motifs is 1. The fraction of sp³-hybridized carbons (Fsp3) is 0.500. The number of halogens is 1. The molecule has 0 fully saturated rings. The molecule has 0 aliphatic carbocycles. The monoisotopic (exact) mass is 352 g/mol. The van der Waals surface area contributed by atoms with Crippen molar-refractivity contribution in [2.24, 2.45) is 13.0 Å². The van der Waals surface area contributed by atoms with Gasteiger partial charge in [0.25, 0.3) is 0 Å². The van der Waals surface area contributed by atoms with Crippen LogP contribution in [0, 0.1) is 5.92 Å². The van der Waals surface area contributed by atoms with Crippen LogP contribution in [0.4, 0.5) is 0 Å². The summed E-state index contributed by atoms with van der Waals surface area (Å²) >= 11 is 3.48. The highest BCUT2D eigenvalue weighted by Crippen LogP contribution is 2.27. The zero-order chi connectivity index (χ0) is 15.0. The molecule has 0 bridgehead atoms. The third-order valence-corrected chi connectivity index (χ3v) is 4.41. The molecule has 1 aliphatic rings. The fourth-order valence-corrected chi connectivity index (χ4v) is 3.35. The first-order valence-corrected chi connectivity index (χ1v) is 7.71. The minimum atomic E-state index is -0.128. The summed E-state index contributed by atoms with van der Waals surface area (Å²) in [5, 5.41) is 8.62. The second kappa shape index (κ2) is 5.63. The van der Waals surface area contributed by atoms with Crippen LogP contribution >= 0.6 is 15.9 Å². The second-order valence-corrected chi connectivity index (χ2v) is 6.21. The number of hydrogen-bond donors (Lipinski definition) is 0. The van der Waals surface area contributed by atoms with Crippen LogP contribution in [0.25, 0.3) is 11.5 Å². The van der Waals surface area contributed by atoms with Crippen molar-refractivity contribution >= 4 is 21.9 Å². The first-order chi connectivity index (χ1) is 10.1. The van der Waals surface area contributed by atoms with Crippen LogP contribution in [-0.4, -0.2) is 32.4 Å². The SMILES string of the molecule is COC(=O)C1CCc2nnc(-c3cc(Br)cn3C)n2CC1. The van der Waals surface area contributed by atoms with Gasteiger partial charge in [-0.3, -0.25) is 4.79 Å². The van der Waals surface area contributed by atoms with Gasteiger partial charge < -0.3 is 13.9 Å². The van der Waals surface area contributed by atoms with Gasteiger partial charge in [-0.2, -0.15) is 0 Å². The summed E-state index contributed by atoms with van der Waals surface area (Å²) in [7, 11) is 3.43. The van der Waals surface area contributed by atoms with Crippen LogP contribution in [0.3, 0.4) is 0 Å². The summed E-state index contributed by atoms with van der Waals surface area (Å²) in [6, 6.07) is 2.03. The average molecular weight is 353 g/mol. The van der Waals surface area contributed by atoms with Crippen molar-refractivity contribution in [3.8, 4) is 11.5 Å². The highest BCUT2D eigenvalue weighted by Gasteiger charge is 2.26. The van der Waals surface area contributed by atoms with E-state index in [9.17, 15) is 4.79 Å². The number of esters is 1. The molecule has 0 aromatic carbocycles. The fourth-order valence-electron chi connectivity index (χ4n) is 2.83. The Morgan fingerprint density at radius 2 is 2.24 bits per heavy atom. The average Bonchev–Trinajstić information content (AvgIpc) is 2.93. The van der Waals surface area contributed by atoms with Crippen molar-refractivity contribution in [2.75, 3.05) is 7.11 Å². The van der Waals surface area contributed by atoms with E-state index in [1.807, 2.05) is 23.9 Å². The number of carbonyl (C=O) groups is 1. The Bertz CT molecular complexity index is 677. The first-order valence-electron chi connectivity index (χ1n) is 6.92. The molecular formula is C14H17BrN4O2. The van der Waals surface area contributed by atoms with Gasteiger partial charge in [0.05, 0.1) is 18.7 Å². The molecule has 112 valence electrons. The largest absolute Gasteiger partial charge is 0.469 e. The summed E-state index contributed by atoms with van der Waals surface area (Å²) in [5.41, 5.74) is 1.01. The van der Waals surface area contributed by atoms with Crippen molar-refractivity contribution in [1.82, 2.24) is 19.3 Å². The molecule has 6 nitrogen and oxygen atoms in total. The van der Waals surface area contributed by atoms with E-state index >= 15 is 0 Å². The van der Waals surface area contributed by atoms with Gasteiger partial charge in [-0.25, -0.2) is 0 Å². The van der Waals surface area contributed by atoms with Crippen LogP contribution in [0.5, 0.6) is 0 Å². The van der Waals surface area contributed by atoms with Gasteiger partial charge in [-0.1, -0.05) is 0 Å². The topological polar surface area (TPSA) is 61.9 Å². The minimum Gasteiger partial charge on any atom is -0.469 e. The van der Waals surface area contributed by atoms with Crippen LogP contribution < -0.4 is 0 Å². The summed E-state index contributed by atoms with van der Waals surface area (Å²) in [6.45, 7) is 0.736. The molecule has 3 heterocycles. The molecule has 0 radical (unpaired) electrons. The van der Waals surface area contributed by atoms with Gasteiger partial charge in [0.2, 0.25) is 0 Å². The lowest BCUT2D eigenvalue weighted by Gasteiger charge is -2.11. The molecule has 7 heteroatoms. The van der Waals surface area contributed by atoms with Crippen molar-refractivity contribution in [1.29, 1.82) is 0 Å². The third-order valence-electron chi connectivity index (χ3n) is 3.98. The third kappa shape index (κ3) is 2.62. The number of carbonyl (C=O) groups excluding carboxylic acids is 1. The highest BCUT2D eigenvalue weighted by atomic mass is 79.9. The van der Waals surface area contributed by atoms with Gasteiger partial charge in [0.15, 0.2) is 5.82 Å². The van der Waals surface area contributed by atoms with Crippen LogP contribution in [-0.2, 0) is 29.5 Å². The Labute approximate surface area is 131 Å². The Kier molecular flexibility index (Phi) is 3.84. The van der Waals surface area contributed by atoms with Crippen molar-refractivity contribution in [2.45, 2.75) is 25.8 Å². The number of methoxy groups -OCH3 is 1. The Hall–Kier alpha value is -1.63. The molecule has 1 aliphatic heterocycles. The standard InChI is InChI=1S/C14H17BrN4O2/c1-18-8-10(15)7-11(18)13-17-16-12-4-3-9(14(20)21-2)5-6-19(12)13/h7-9H,3-6H2,1-2H3. The van der Waals surface area contributed by atoms with E-state index in [1.54, 1.807) is 0 Å². The Morgan fingerprint density at radius 1 is 1.43 bits per heavy atom. The van der Waals surface area contributed by atoms with E-state index in [0.29, 0.717) is 0 Å². The zero-order valence-corrected chi connectivity index (χ0v) is 13.6. The normalized spacial score (nSPS) is 18.1. The molecule has 1 atom stereocenters. The van der Waals surface area contributed by atoms with Crippen molar-refractivity contribution in [3.05, 3.63) is 22.6 Å². The van der Waals surface area contributed by atoms with Gasteiger partial charge >= 0.3 is 5.97 Å². The number of aryl methyl sites for hydroxylation is 2. The number of aromatic nitrogens is 4. The summed E-state index contributed by atoms with van der Waals surface area (Å²) in [4.78, 5) is 11.7. The molecular weight excluding hydrogens is 336 g/mol. The molecule has 0 spiro atoms. The number of nitrogens with zero attached hydrogens (tertiary/aromatic N) is 4. The predicted molar refractivity (Wildman–Crippen MR) is 80.6 cm³/mol. The Balaban J connectivity index is 1.91. The quantitative estimate of drug-likeness (QED) is 0.777. The van der Waals surface area contributed by atoms with Crippen LogP contribution in [0.1, 0.15) is 18.7 Å². The maximum Gasteiger partial charge on any atom is 0.308 e. The van der Waals surface area contributed by atoms with E-state index in [1.165, 1.54) is 7.11 Å². The molecule has 0 saturated heterocycles. The second-order valence-electron chi connectivity index (χ2n) is 5.29. The number of rotatable bonds is 2. The zero-order valence-electron chi connectivity index (χ0n) is 12.0. The van der Waals surface area contributed by atoms with E-state index in [2.05, 4.69) is 30.7 Å². The summed E-state index contributed by atoms with van der Waals surface area (Å²) in [6.07, 6.45) is 4.27. The molecule has 1 unspecified atom stereocenters. The van der Waals surface area contributed by atoms with E-state index in [-0.39, 0.29) is 11.9 Å². The van der Waals surface area contributed by atoms with Crippen molar-refractivity contribution < 1.29 is 9.53 Å². The molecule has 3 rings (SSSR count). The van der Waals surface area contributed by atoms with Gasteiger partial charge in [-0.05, 0) is 34.8 Å². The summed E-state index contributed by atoms with van der Waals surface area (Å²) in [5.74, 6) is 1.61. The van der Waals surface area contributed by atoms with Crippen LogP contribution in [0.2, 0.25) is 0 Å². The lowest BCUT2D eigenvalue weighted by molar-refractivity contribution is -0.145. The number of ether oxygens (including phenoxy) is 1.